The van der Waals surface area contributed by atoms with Crippen molar-refractivity contribution in [1.82, 2.24) is 13.6 Å². The van der Waals surface area contributed by atoms with Gasteiger partial charge in [-0.05, 0) is 61.5 Å². The molecule has 210 valence electrons. The molecule has 2 heterocycles. The standard InChI is InChI=1S/C27H25F3N4O4S2/c1-19-2-7-22(8-3-19)39(35,36)33-14-16-34(17-15-33)40(37,38)23-9-5-21(6-10-23)32-25-12-13-31-26-18-20(27(28,29)30)4-11-24(25)26/h2-13,18H,14-17H2,1H3,(H,31,32). The van der Waals surface area contributed by atoms with Gasteiger partial charge in [0, 0.05) is 49.1 Å². The Bertz CT molecular complexity index is 1750. The number of hydrogen-bond acceptors (Lipinski definition) is 6. The molecule has 40 heavy (non-hydrogen) atoms. The molecule has 1 saturated heterocycles. The second-order valence-corrected chi connectivity index (χ2v) is 13.2. The van der Waals surface area contributed by atoms with E-state index in [4.69, 9.17) is 0 Å². The summed E-state index contributed by atoms with van der Waals surface area (Å²) < 4.78 is 94.1. The molecule has 4 aromatic rings. The topological polar surface area (TPSA) is 99.7 Å². The van der Waals surface area contributed by atoms with Gasteiger partial charge in [0.25, 0.3) is 0 Å². The molecule has 0 radical (unpaired) electrons. The average Bonchev–Trinajstić information content (AvgIpc) is 2.93. The van der Waals surface area contributed by atoms with E-state index in [-0.39, 0.29) is 41.5 Å². The number of pyridine rings is 1. The Labute approximate surface area is 230 Å². The fourth-order valence-corrected chi connectivity index (χ4v) is 7.30. The normalized spacial score (nSPS) is 15.8. The van der Waals surface area contributed by atoms with Crippen LogP contribution >= 0.6 is 0 Å². The molecule has 0 bridgehead atoms. The van der Waals surface area contributed by atoms with Crippen LogP contribution in [0.5, 0.6) is 0 Å². The average molecular weight is 591 g/mol. The van der Waals surface area contributed by atoms with Gasteiger partial charge in [-0.1, -0.05) is 23.8 Å². The van der Waals surface area contributed by atoms with Crippen LogP contribution in [-0.4, -0.2) is 56.6 Å². The summed E-state index contributed by atoms with van der Waals surface area (Å²) in [5.41, 5.74) is 1.35. The number of alkyl halides is 3. The molecule has 8 nitrogen and oxygen atoms in total. The van der Waals surface area contributed by atoms with Crippen LogP contribution in [0.2, 0.25) is 0 Å². The second kappa shape index (κ2) is 10.5. The lowest BCUT2D eigenvalue weighted by Gasteiger charge is -2.33. The van der Waals surface area contributed by atoms with Crippen LogP contribution in [0, 0.1) is 6.92 Å². The first-order chi connectivity index (χ1) is 18.9. The molecule has 0 aliphatic carbocycles. The molecular formula is C27H25F3N4O4S2. The molecule has 3 aromatic carbocycles. The SMILES string of the molecule is Cc1ccc(S(=O)(=O)N2CCN(S(=O)(=O)c3ccc(Nc4ccnc5cc(C(F)(F)F)ccc45)cc3)CC2)cc1. The Kier molecular flexibility index (Phi) is 7.33. The van der Waals surface area contributed by atoms with E-state index in [1.165, 1.54) is 45.1 Å². The first kappa shape index (κ1) is 28.0. The Morgan fingerprint density at radius 3 is 1.80 bits per heavy atom. The van der Waals surface area contributed by atoms with Gasteiger partial charge in [-0.25, -0.2) is 16.8 Å². The van der Waals surface area contributed by atoms with E-state index in [1.807, 2.05) is 6.92 Å². The summed E-state index contributed by atoms with van der Waals surface area (Å²) in [5, 5.41) is 3.58. The smallest absolute Gasteiger partial charge is 0.355 e. The van der Waals surface area contributed by atoms with E-state index in [9.17, 15) is 30.0 Å². The lowest BCUT2D eigenvalue weighted by molar-refractivity contribution is -0.137. The maximum absolute atomic E-state index is 13.2. The molecule has 1 N–H and O–H groups in total. The van der Waals surface area contributed by atoms with Crippen molar-refractivity contribution in [3.8, 4) is 0 Å². The van der Waals surface area contributed by atoms with Crippen LogP contribution in [-0.2, 0) is 26.2 Å². The molecular weight excluding hydrogens is 565 g/mol. The number of nitrogens with zero attached hydrogens (tertiary/aromatic N) is 3. The molecule has 13 heteroatoms. The number of aryl methyl sites for hydroxylation is 1. The first-order valence-electron chi connectivity index (χ1n) is 12.3. The van der Waals surface area contributed by atoms with Gasteiger partial charge >= 0.3 is 6.18 Å². The summed E-state index contributed by atoms with van der Waals surface area (Å²) in [7, 11) is -7.61. The van der Waals surface area contributed by atoms with Crippen molar-refractivity contribution in [3.05, 3.63) is 90.1 Å². The third-order valence-electron chi connectivity index (χ3n) is 6.70. The molecule has 0 unspecified atom stereocenters. The van der Waals surface area contributed by atoms with Crippen LogP contribution in [0.4, 0.5) is 24.5 Å². The van der Waals surface area contributed by atoms with E-state index >= 15 is 0 Å². The minimum atomic E-state index is -4.48. The van der Waals surface area contributed by atoms with Crippen molar-refractivity contribution in [2.75, 3.05) is 31.5 Å². The molecule has 0 spiro atoms. The summed E-state index contributed by atoms with van der Waals surface area (Å²) in [5.74, 6) is 0. The van der Waals surface area contributed by atoms with Crippen LogP contribution in [0.1, 0.15) is 11.1 Å². The van der Waals surface area contributed by atoms with Gasteiger partial charge in [-0.15, -0.1) is 0 Å². The predicted molar refractivity (Wildman–Crippen MR) is 145 cm³/mol. The largest absolute Gasteiger partial charge is 0.416 e. The van der Waals surface area contributed by atoms with E-state index in [0.717, 1.165) is 17.7 Å². The van der Waals surface area contributed by atoms with Gasteiger partial charge in [-0.2, -0.15) is 21.8 Å². The van der Waals surface area contributed by atoms with Crippen LogP contribution < -0.4 is 5.32 Å². The number of aromatic nitrogens is 1. The zero-order chi connectivity index (χ0) is 28.7. The number of benzene rings is 3. The summed E-state index contributed by atoms with van der Waals surface area (Å²) >= 11 is 0. The first-order valence-corrected chi connectivity index (χ1v) is 15.1. The lowest BCUT2D eigenvalue weighted by Crippen LogP contribution is -2.50. The Morgan fingerprint density at radius 1 is 0.750 bits per heavy atom. The molecule has 1 fully saturated rings. The molecule has 0 atom stereocenters. The zero-order valence-corrected chi connectivity index (χ0v) is 22.9. The minimum absolute atomic E-state index is 0.0103. The second-order valence-electron chi connectivity index (χ2n) is 9.36. The highest BCUT2D eigenvalue weighted by atomic mass is 32.2. The van der Waals surface area contributed by atoms with Gasteiger partial charge < -0.3 is 5.32 Å². The molecule has 0 saturated carbocycles. The maximum Gasteiger partial charge on any atom is 0.416 e. The number of hydrogen-bond donors (Lipinski definition) is 1. The number of sulfonamides is 2. The Hall–Kier alpha value is -3.52. The third-order valence-corrected chi connectivity index (χ3v) is 10.5. The summed E-state index contributed by atoms with van der Waals surface area (Å²) in [6.45, 7) is 1.94. The highest BCUT2D eigenvalue weighted by molar-refractivity contribution is 7.89. The van der Waals surface area contributed by atoms with Crippen molar-refractivity contribution in [2.45, 2.75) is 22.9 Å². The Morgan fingerprint density at radius 2 is 1.27 bits per heavy atom. The molecule has 1 aromatic heterocycles. The maximum atomic E-state index is 13.2. The van der Waals surface area contributed by atoms with Crippen LogP contribution in [0.25, 0.3) is 10.9 Å². The lowest BCUT2D eigenvalue weighted by atomic mass is 10.1. The van der Waals surface area contributed by atoms with Crippen molar-refractivity contribution < 1.29 is 30.0 Å². The summed E-state index contributed by atoms with van der Waals surface area (Å²) in [6, 6.07) is 17.4. The quantitative estimate of drug-likeness (QED) is 0.339. The summed E-state index contributed by atoms with van der Waals surface area (Å²) in [4.78, 5) is 4.24. The highest BCUT2D eigenvalue weighted by Crippen LogP contribution is 2.33. The predicted octanol–water partition coefficient (Wildman–Crippen LogP) is 5.00. The molecule has 1 aliphatic rings. The van der Waals surface area contributed by atoms with Crippen molar-refractivity contribution in [2.24, 2.45) is 0 Å². The van der Waals surface area contributed by atoms with E-state index in [0.29, 0.717) is 16.8 Å². The van der Waals surface area contributed by atoms with Crippen LogP contribution in [0.3, 0.4) is 0 Å². The fourth-order valence-electron chi connectivity index (χ4n) is 4.46. The molecule has 5 rings (SSSR count). The van der Waals surface area contributed by atoms with Gasteiger partial charge in [-0.3, -0.25) is 4.98 Å². The number of rotatable bonds is 6. The fraction of sp³-hybridized carbons (Fsp3) is 0.222. The van der Waals surface area contributed by atoms with E-state index < -0.39 is 31.8 Å². The van der Waals surface area contributed by atoms with Crippen molar-refractivity contribution >= 4 is 42.3 Å². The van der Waals surface area contributed by atoms with E-state index in [1.54, 1.807) is 30.3 Å². The van der Waals surface area contributed by atoms with Crippen molar-refractivity contribution in [1.29, 1.82) is 0 Å². The van der Waals surface area contributed by atoms with Gasteiger partial charge in [0.1, 0.15) is 0 Å². The van der Waals surface area contributed by atoms with Gasteiger partial charge in [0.05, 0.1) is 20.9 Å². The number of halogens is 3. The number of fused-ring (bicyclic) bond motifs is 1. The van der Waals surface area contributed by atoms with Crippen LogP contribution in [0.15, 0.2) is 88.8 Å². The molecule has 1 aliphatic heterocycles. The minimum Gasteiger partial charge on any atom is -0.355 e. The van der Waals surface area contributed by atoms with Gasteiger partial charge in [0.2, 0.25) is 20.0 Å². The van der Waals surface area contributed by atoms with Crippen molar-refractivity contribution in [3.63, 3.8) is 0 Å². The Balaban J connectivity index is 1.28. The monoisotopic (exact) mass is 590 g/mol. The highest BCUT2D eigenvalue weighted by Gasteiger charge is 2.34. The number of piperazine rings is 1. The summed E-state index contributed by atoms with van der Waals surface area (Å²) in [6.07, 6.45) is -3.09. The third kappa shape index (κ3) is 5.55. The van der Waals surface area contributed by atoms with Gasteiger partial charge in [0.15, 0.2) is 0 Å². The number of nitrogens with one attached hydrogen (secondary N) is 1. The molecule has 0 amide bonds. The number of anilines is 2. The zero-order valence-electron chi connectivity index (χ0n) is 21.3. The van der Waals surface area contributed by atoms with E-state index in [2.05, 4.69) is 10.3 Å².